The Labute approximate surface area is 106 Å². The zero-order valence-electron chi connectivity index (χ0n) is 10.4. The number of nitrogens with zero attached hydrogens (tertiary/aromatic N) is 2. The number of carbonyl (C=O) groups is 1. The summed E-state index contributed by atoms with van der Waals surface area (Å²) in [5.41, 5.74) is 0.818. The number of aryl methyl sites for hydroxylation is 1. The molecule has 6 nitrogen and oxygen atoms in total. The van der Waals surface area contributed by atoms with E-state index in [1.54, 1.807) is 6.26 Å². The Morgan fingerprint density at radius 3 is 3.00 bits per heavy atom. The minimum absolute atomic E-state index is 0.0614. The first-order valence-electron chi connectivity index (χ1n) is 6.28. The Morgan fingerprint density at radius 1 is 1.44 bits per heavy atom. The van der Waals surface area contributed by atoms with Gasteiger partial charge in [0.15, 0.2) is 6.39 Å². The van der Waals surface area contributed by atoms with E-state index in [1.165, 1.54) is 6.39 Å². The average Bonchev–Trinajstić information content (AvgIpc) is 2.91. The highest BCUT2D eigenvalue weighted by atomic mass is 16.5. The molecule has 0 aliphatic carbocycles. The summed E-state index contributed by atoms with van der Waals surface area (Å²) in [5.74, 6) is 0.0614. The molecule has 100 valence electrons. The van der Waals surface area contributed by atoms with Crippen LogP contribution in [0.25, 0.3) is 0 Å². The number of hydrogen-bond donors (Lipinski definition) is 1. The van der Waals surface area contributed by atoms with Gasteiger partial charge >= 0.3 is 0 Å². The van der Waals surface area contributed by atoms with Gasteiger partial charge in [0.1, 0.15) is 6.26 Å². The number of carbonyl (C=O) groups excluding carboxylic acids is 1. The third-order valence-corrected chi connectivity index (χ3v) is 2.95. The topological polar surface area (TPSA) is 67.6 Å². The van der Waals surface area contributed by atoms with Gasteiger partial charge in [-0.2, -0.15) is 0 Å². The number of amides is 1. The molecule has 2 heterocycles. The lowest BCUT2D eigenvalue weighted by Crippen LogP contribution is -2.41. The SMILES string of the molecule is O=C(CCc1cocn1)NCCN1CCOCC1. The summed E-state index contributed by atoms with van der Waals surface area (Å²) >= 11 is 0. The highest BCUT2D eigenvalue weighted by Crippen LogP contribution is 1.99. The zero-order chi connectivity index (χ0) is 12.6. The smallest absolute Gasteiger partial charge is 0.220 e. The van der Waals surface area contributed by atoms with Crippen molar-refractivity contribution in [2.75, 3.05) is 39.4 Å². The molecule has 1 aromatic rings. The summed E-state index contributed by atoms with van der Waals surface area (Å²) in [6.07, 6.45) is 4.03. The van der Waals surface area contributed by atoms with Gasteiger partial charge in [0, 0.05) is 39.0 Å². The second-order valence-corrected chi connectivity index (χ2v) is 4.28. The van der Waals surface area contributed by atoms with Crippen molar-refractivity contribution in [2.45, 2.75) is 12.8 Å². The molecule has 1 aliphatic rings. The first-order chi connectivity index (χ1) is 8.84. The van der Waals surface area contributed by atoms with E-state index in [0.717, 1.165) is 38.5 Å². The van der Waals surface area contributed by atoms with Crippen molar-refractivity contribution < 1.29 is 13.9 Å². The molecule has 1 fully saturated rings. The van der Waals surface area contributed by atoms with Gasteiger partial charge in [0.05, 0.1) is 18.9 Å². The van der Waals surface area contributed by atoms with Crippen molar-refractivity contribution in [1.82, 2.24) is 15.2 Å². The standard InChI is InChI=1S/C12H19N3O3/c16-12(2-1-11-9-18-10-14-11)13-3-4-15-5-7-17-8-6-15/h9-10H,1-8H2,(H,13,16). The molecule has 1 saturated heterocycles. The Morgan fingerprint density at radius 2 is 2.28 bits per heavy atom. The molecular formula is C12H19N3O3. The second kappa shape index (κ2) is 7.13. The van der Waals surface area contributed by atoms with Crippen LogP contribution < -0.4 is 5.32 Å². The van der Waals surface area contributed by atoms with Crippen molar-refractivity contribution in [2.24, 2.45) is 0 Å². The van der Waals surface area contributed by atoms with Crippen LogP contribution in [0.1, 0.15) is 12.1 Å². The van der Waals surface area contributed by atoms with Crippen molar-refractivity contribution in [1.29, 1.82) is 0 Å². The highest BCUT2D eigenvalue weighted by molar-refractivity contribution is 5.76. The van der Waals surface area contributed by atoms with E-state index in [0.29, 0.717) is 19.4 Å². The summed E-state index contributed by atoms with van der Waals surface area (Å²) in [6.45, 7) is 5.07. The summed E-state index contributed by atoms with van der Waals surface area (Å²) in [7, 11) is 0. The Bertz CT molecular complexity index is 347. The van der Waals surface area contributed by atoms with E-state index in [4.69, 9.17) is 9.15 Å². The number of hydrogen-bond acceptors (Lipinski definition) is 5. The maximum absolute atomic E-state index is 11.6. The fourth-order valence-corrected chi connectivity index (χ4v) is 1.87. The van der Waals surface area contributed by atoms with Crippen LogP contribution in [0.15, 0.2) is 17.1 Å². The lowest BCUT2D eigenvalue weighted by molar-refractivity contribution is -0.121. The van der Waals surface area contributed by atoms with Crippen LogP contribution in [0.4, 0.5) is 0 Å². The van der Waals surface area contributed by atoms with E-state index >= 15 is 0 Å². The molecule has 0 bridgehead atoms. The van der Waals surface area contributed by atoms with Crippen molar-refractivity contribution in [3.05, 3.63) is 18.4 Å². The Balaban J connectivity index is 1.54. The fourth-order valence-electron chi connectivity index (χ4n) is 1.87. The maximum atomic E-state index is 11.6. The molecule has 0 aromatic carbocycles. The number of morpholine rings is 1. The van der Waals surface area contributed by atoms with Crippen LogP contribution in [-0.4, -0.2) is 55.2 Å². The molecule has 0 unspecified atom stereocenters. The molecule has 6 heteroatoms. The number of nitrogens with one attached hydrogen (secondary N) is 1. The predicted octanol–water partition coefficient (Wildman–Crippen LogP) is 0.0556. The van der Waals surface area contributed by atoms with E-state index < -0.39 is 0 Å². The van der Waals surface area contributed by atoms with Crippen molar-refractivity contribution >= 4 is 5.91 Å². The van der Waals surface area contributed by atoms with Crippen molar-refractivity contribution in [3.63, 3.8) is 0 Å². The van der Waals surface area contributed by atoms with Crippen LogP contribution in [0.2, 0.25) is 0 Å². The monoisotopic (exact) mass is 253 g/mol. The summed E-state index contributed by atoms with van der Waals surface area (Å²) in [6, 6.07) is 0. The van der Waals surface area contributed by atoms with E-state index in [9.17, 15) is 4.79 Å². The van der Waals surface area contributed by atoms with Gasteiger partial charge in [-0.1, -0.05) is 0 Å². The van der Waals surface area contributed by atoms with Gasteiger partial charge < -0.3 is 14.5 Å². The summed E-state index contributed by atoms with van der Waals surface area (Å²) in [5, 5.41) is 2.91. The largest absolute Gasteiger partial charge is 0.451 e. The van der Waals surface area contributed by atoms with Gasteiger partial charge in [0.25, 0.3) is 0 Å². The van der Waals surface area contributed by atoms with Gasteiger partial charge in [-0.25, -0.2) is 4.98 Å². The first-order valence-corrected chi connectivity index (χ1v) is 6.28. The number of rotatable bonds is 6. The van der Waals surface area contributed by atoms with Crippen LogP contribution in [0.5, 0.6) is 0 Å². The third-order valence-electron chi connectivity index (χ3n) is 2.95. The molecule has 0 radical (unpaired) electrons. The van der Waals surface area contributed by atoms with Gasteiger partial charge in [-0.15, -0.1) is 0 Å². The molecule has 18 heavy (non-hydrogen) atoms. The summed E-state index contributed by atoms with van der Waals surface area (Å²) < 4.78 is 10.1. The van der Waals surface area contributed by atoms with Gasteiger partial charge in [-0.05, 0) is 0 Å². The number of ether oxygens (including phenoxy) is 1. The van der Waals surface area contributed by atoms with E-state index in [2.05, 4.69) is 15.2 Å². The second-order valence-electron chi connectivity index (χ2n) is 4.28. The average molecular weight is 253 g/mol. The third kappa shape index (κ3) is 4.46. The summed E-state index contributed by atoms with van der Waals surface area (Å²) in [4.78, 5) is 17.8. The molecule has 0 atom stereocenters. The molecule has 0 spiro atoms. The van der Waals surface area contributed by atoms with Crippen LogP contribution in [0.3, 0.4) is 0 Å². The molecule has 2 rings (SSSR count). The fraction of sp³-hybridized carbons (Fsp3) is 0.667. The molecule has 1 aliphatic heterocycles. The first kappa shape index (κ1) is 13.0. The lowest BCUT2D eigenvalue weighted by atomic mass is 10.2. The Hall–Kier alpha value is -1.40. The zero-order valence-corrected chi connectivity index (χ0v) is 10.4. The van der Waals surface area contributed by atoms with Gasteiger partial charge in [0.2, 0.25) is 5.91 Å². The molecule has 1 aromatic heterocycles. The molecule has 1 amide bonds. The molecule has 1 N–H and O–H groups in total. The Kier molecular flexibility index (Phi) is 5.16. The normalized spacial score (nSPS) is 16.7. The minimum Gasteiger partial charge on any atom is -0.451 e. The number of oxazole rings is 1. The van der Waals surface area contributed by atoms with E-state index in [-0.39, 0.29) is 5.91 Å². The molecule has 0 saturated carbocycles. The number of aromatic nitrogens is 1. The van der Waals surface area contributed by atoms with Crippen LogP contribution >= 0.6 is 0 Å². The highest BCUT2D eigenvalue weighted by Gasteiger charge is 2.10. The minimum atomic E-state index is 0.0614. The van der Waals surface area contributed by atoms with Crippen LogP contribution in [0, 0.1) is 0 Å². The van der Waals surface area contributed by atoms with Crippen LogP contribution in [-0.2, 0) is 16.0 Å². The quantitative estimate of drug-likeness (QED) is 0.776. The molecular weight excluding hydrogens is 234 g/mol. The van der Waals surface area contributed by atoms with Crippen molar-refractivity contribution in [3.8, 4) is 0 Å². The maximum Gasteiger partial charge on any atom is 0.220 e. The lowest BCUT2D eigenvalue weighted by Gasteiger charge is -2.26. The van der Waals surface area contributed by atoms with E-state index in [1.807, 2.05) is 0 Å². The predicted molar refractivity (Wildman–Crippen MR) is 65.1 cm³/mol. The van der Waals surface area contributed by atoms with Gasteiger partial charge in [-0.3, -0.25) is 9.69 Å².